The molecule has 2 rings (SSSR count). The smallest absolute Gasteiger partial charge is 0.256 e. The van der Waals surface area contributed by atoms with Crippen molar-refractivity contribution in [1.29, 1.82) is 0 Å². The van der Waals surface area contributed by atoms with Gasteiger partial charge in [0.1, 0.15) is 11.3 Å². The van der Waals surface area contributed by atoms with Gasteiger partial charge in [0.2, 0.25) is 0 Å². The summed E-state index contributed by atoms with van der Waals surface area (Å²) in [6.45, 7) is 6.03. The molecule has 102 valence electrons. The number of aromatic nitrogens is 3. The molecule has 0 fully saturated rings. The number of nitrogens with one attached hydrogen (secondary N) is 1. The zero-order valence-electron chi connectivity index (χ0n) is 11.6. The highest BCUT2D eigenvalue weighted by Gasteiger charge is 2.16. The molecular weight excluding hydrogens is 244 g/mol. The Balaban J connectivity index is 1.91. The highest BCUT2D eigenvalue weighted by molar-refractivity contribution is 5.96. The third-order valence-corrected chi connectivity index (χ3v) is 3.09. The zero-order valence-corrected chi connectivity index (χ0v) is 11.6. The highest BCUT2D eigenvalue weighted by atomic mass is 16.5. The molecule has 19 heavy (non-hydrogen) atoms. The number of aryl methyl sites for hydroxylation is 4. The largest absolute Gasteiger partial charge is 0.361 e. The Hall–Kier alpha value is -2.11. The predicted molar refractivity (Wildman–Crippen MR) is 70.0 cm³/mol. The van der Waals surface area contributed by atoms with E-state index in [0.717, 1.165) is 11.4 Å². The molecule has 0 spiro atoms. The second kappa shape index (κ2) is 5.26. The summed E-state index contributed by atoms with van der Waals surface area (Å²) in [4.78, 5) is 12.0. The molecule has 1 N–H and O–H groups in total. The van der Waals surface area contributed by atoms with Gasteiger partial charge in [-0.25, -0.2) is 0 Å². The Labute approximate surface area is 111 Å². The van der Waals surface area contributed by atoms with Crippen LogP contribution in [0.1, 0.15) is 33.2 Å². The van der Waals surface area contributed by atoms with E-state index < -0.39 is 0 Å². The summed E-state index contributed by atoms with van der Waals surface area (Å²) in [6, 6.07) is 2.02. The van der Waals surface area contributed by atoms with Crippen molar-refractivity contribution >= 4 is 5.91 Å². The summed E-state index contributed by atoms with van der Waals surface area (Å²) in [7, 11) is 1.90. The molecule has 1 amide bonds. The monoisotopic (exact) mass is 262 g/mol. The molecule has 0 atom stereocenters. The predicted octanol–water partition coefficient (Wildman–Crippen LogP) is 1.31. The van der Waals surface area contributed by atoms with E-state index >= 15 is 0 Å². The van der Waals surface area contributed by atoms with Gasteiger partial charge in [-0.2, -0.15) is 5.10 Å². The van der Waals surface area contributed by atoms with Gasteiger partial charge in [0, 0.05) is 25.7 Å². The lowest BCUT2D eigenvalue weighted by molar-refractivity contribution is 0.0952. The van der Waals surface area contributed by atoms with Crippen LogP contribution < -0.4 is 5.32 Å². The minimum atomic E-state index is -0.149. The van der Waals surface area contributed by atoms with Crippen molar-refractivity contribution in [3.8, 4) is 0 Å². The number of hydrogen-bond acceptors (Lipinski definition) is 4. The number of hydrogen-bond donors (Lipinski definition) is 1. The average Bonchev–Trinajstić information content (AvgIpc) is 2.83. The Kier molecular flexibility index (Phi) is 3.69. The first-order chi connectivity index (χ1) is 8.99. The number of carbonyl (C=O) groups is 1. The Morgan fingerprint density at radius 1 is 1.42 bits per heavy atom. The van der Waals surface area contributed by atoms with Gasteiger partial charge in [-0.3, -0.25) is 9.48 Å². The van der Waals surface area contributed by atoms with Crippen LogP contribution >= 0.6 is 0 Å². The van der Waals surface area contributed by atoms with Gasteiger partial charge in [0.15, 0.2) is 0 Å². The summed E-state index contributed by atoms with van der Waals surface area (Å²) in [5.41, 5.74) is 3.21. The van der Waals surface area contributed by atoms with Crippen molar-refractivity contribution in [1.82, 2.24) is 20.3 Å². The normalized spacial score (nSPS) is 10.7. The number of amides is 1. The summed E-state index contributed by atoms with van der Waals surface area (Å²) in [6.07, 6.45) is 0.705. The minimum Gasteiger partial charge on any atom is -0.361 e. The van der Waals surface area contributed by atoms with Gasteiger partial charge in [0.05, 0.1) is 11.4 Å². The lowest BCUT2D eigenvalue weighted by Gasteiger charge is -2.03. The van der Waals surface area contributed by atoms with Crippen LogP contribution in [0.15, 0.2) is 10.6 Å². The van der Waals surface area contributed by atoms with E-state index in [1.54, 1.807) is 13.8 Å². The van der Waals surface area contributed by atoms with Crippen LogP contribution in [-0.4, -0.2) is 27.4 Å². The first-order valence-corrected chi connectivity index (χ1v) is 6.19. The summed E-state index contributed by atoms with van der Waals surface area (Å²) >= 11 is 0. The second-order valence-corrected chi connectivity index (χ2v) is 4.61. The van der Waals surface area contributed by atoms with Crippen molar-refractivity contribution in [3.63, 3.8) is 0 Å². The first kappa shape index (κ1) is 13.3. The fourth-order valence-corrected chi connectivity index (χ4v) is 1.96. The van der Waals surface area contributed by atoms with Gasteiger partial charge in [0.25, 0.3) is 5.91 Å². The quantitative estimate of drug-likeness (QED) is 0.901. The van der Waals surface area contributed by atoms with Crippen LogP contribution in [0, 0.1) is 20.8 Å². The molecule has 0 saturated carbocycles. The molecule has 2 aromatic rings. The molecule has 0 unspecified atom stereocenters. The highest BCUT2D eigenvalue weighted by Crippen LogP contribution is 2.11. The molecule has 0 radical (unpaired) electrons. The van der Waals surface area contributed by atoms with Crippen molar-refractivity contribution in [2.45, 2.75) is 27.2 Å². The van der Waals surface area contributed by atoms with Crippen LogP contribution in [0.25, 0.3) is 0 Å². The van der Waals surface area contributed by atoms with E-state index in [9.17, 15) is 4.79 Å². The van der Waals surface area contributed by atoms with Gasteiger partial charge in [-0.15, -0.1) is 0 Å². The molecule has 2 aromatic heterocycles. The van der Waals surface area contributed by atoms with E-state index in [1.807, 2.05) is 24.7 Å². The summed E-state index contributed by atoms with van der Waals surface area (Å²) < 4.78 is 6.80. The molecule has 0 aliphatic carbocycles. The van der Waals surface area contributed by atoms with Crippen molar-refractivity contribution < 1.29 is 9.32 Å². The lowest BCUT2D eigenvalue weighted by atomic mass is 10.2. The number of carbonyl (C=O) groups excluding carboxylic acids is 1. The lowest BCUT2D eigenvalue weighted by Crippen LogP contribution is -2.26. The Morgan fingerprint density at radius 3 is 2.68 bits per heavy atom. The van der Waals surface area contributed by atoms with Gasteiger partial charge >= 0.3 is 0 Å². The first-order valence-electron chi connectivity index (χ1n) is 6.19. The van der Waals surface area contributed by atoms with E-state index in [4.69, 9.17) is 4.52 Å². The van der Waals surface area contributed by atoms with Crippen LogP contribution in [0.2, 0.25) is 0 Å². The average molecular weight is 262 g/mol. The Bertz CT molecular complexity index is 559. The fraction of sp³-hybridized carbons (Fsp3) is 0.462. The van der Waals surface area contributed by atoms with Crippen molar-refractivity contribution in [2.24, 2.45) is 7.05 Å². The number of rotatable bonds is 4. The third-order valence-electron chi connectivity index (χ3n) is 3.09. The zero-order chi connectivity index (χ0) is 14.0. The number of nitrogens with zero attached hydrogens (tertiary/aromatic N) is 3. The Morgan fingerprint density at radius 2 is 2.16 bits per heavy atom. The standard InChI is InChI=1S/C13H18N4O2/c1-8-7-11(15-17(8)4)5-6-14-13(18)12-9(2)16-19-10(12)3/h7H,5-6H2,1-4H3,(H,14,18). The minimum absolute atomic E-state index is 0.149. The molecule has 0 aromatic carbocycles. The summed E-state index contributed by atoms with van der Waals surface area (Å²) in [5, 5.41) is 11.0. The van der Waals surface area contributed by atoms with E-state index in [0.29, 0.717) is 30.0 Å². The second-order valence-electron chi connectivity index (χ2n) is 4.61. The van der Waals surface area contributed by atoms with Gasteiger partial charge < -0.3 is 9.84 Å². The molecule has 6 heteroatoms. The van der Waals surface area contributed by atoms with Crippen LogP contribution in [0.4, 0.5) is 0 Å². The van der Waals surface area contributed by atoms with Crippen LogP contribution in [0.3, 0.4) is 0 Å². The van der Waals surface area contributed by atoms with Crippen LogP contribution in [0.5, 0.6) is 0 Å². The maximum atomic E-state index is 12.0. The molecule has 2 heterocycles. The third kappa shape index (κ3) is 2.83. The molecular formula is C13H18N4O2. The maximum absolute atomic E-state index is 12.0. The van der Waals surface area contributed by atoms with E-state index in [-0.39, 0.29) is 5.91 Å². The maximum Gasteiger partial charge on any atom is 0.256 e. The molecule has 0 saturated heterocycles. The fourth-order valence-electron chi connectivity index (χ4n) is 1.96. The molecule has 6 nitrogen and oxygen atoms in total. The van der Waals surface area contributed by atoms with Gasteiger partial charge in [-0.1, -0.05) is 5.16 Å². The molecule has 0 aliphatic rings. The van der Waals surface area contributed by atoms with Crippen LogP contribution in [-0.2, 0) is 13.5 Å². The topological polar surface area (TPSA) is 73.0 Å². The molecule has 0 bridgehead atoms. The van der Waals surface area contributed by atoms with E-state index in [2.05, 4.69) is 15.6 Å². The molecule has 0 aliphatic heterocycles. The summed E-state index contributed by atoms with van der Waals surface area (Å²) in [5.74, 6) is 0.396. The van der Waals surface area contributed by atoms with E-state index in [1.165, 1.54) is 0 Å². The van der Waals surface area contributed by atoms with Crippen molar-refractivity contribution in [3.05, 3.63) is 34.5 Å². The van der Waals surface area contributed by atoms with Crippen molar-refractivity contribution in [2.75, 3.05) is 6.54 Å². The van der Waals surface area contributed by atoms with Gasteiger partial charge in [-0.05, 0) is 26.8 Å². The SMILES string of the molecule is Cc1noc(C)c1C(=O)NCCc1cc(C)n(C)n1.